The predicted octanol–water partition coefficient (Wildman–Crippen LogP) is 7.02. The van der Waals surface area contributed by atoms with E-state index in [0.717, 1.165) is 77.0 Å². The van der Waals surface area contributed by atoms with Crippen molar-refractivity contribution in [3.63, 3.8) is 0 Å². The molecule has 0 bridgehead atoms. The number of fused-ring (bicyclic) bond motifs is 2. The summed E-state index contributed by atoms with van der Waals surface area (Å²) >= 11 is 0. The van der Waals surface area contributed by atoms with Crippen LogP contribution in [0.4, 0.5) is 11.4 Å². The number of benzene rings is 2. The number of carbonyl (C=O) groups excluding carboxylic acids is 1. The van der Waals surface area contributed by atoms with Crippen molar-refractivity contribution in [1.29, 1.82) is 0 Å². The lowest BCUT2D eigenvalue weighted by Gasteiger charge is -2.31. The first-order chi connectivity index (χ1) is 16.5. The van der Waals surface area contributed by atoms with Gasteiger partial charge in [0.25, 0.3) is 5.79 Å². The van der Waals surface area contributed by atoms with E-state index in [4.69, 9.17) is 14.2 Å². The zero-order valence-electron chi connectivity index (χ0n) is 20.4. The van der Waals surface area contributed by atoms with Gasteiger partial charge in [-0.25, -0.2) is 0 Å². The van der Waals surface area contributed by atoms with E-state index in [1.165, 1.54) is 6.42 Å². The molecule has 1 fully saturated rings. The van der Waals surface area contributed by atoms with Crippen molar-refractivity contribution in [2.75, 3.05) is 12.4 Å². The zero-order chi connectivity index (χ0) is 23.9. The van der Waals surface area contributed by atoms with Crippen molar-refractivity contribution in [3.8, 4) is 17.2 Å². The maximum absolute atomic E-state index is 13.1. The standard InChI is InChI=1S/C28H32N2O4/c1-5-10-21(31)20-16-29-26-19(11-9-12-22(26)32-4)25(20)30-24-17(2)15-23-27(18(24)3)34-28(33-23)13-7-6-8-14-28/h9,11-12,15-16H,5-8,10,13-14H2,1-4H3,(H,29,30). The molecule has 2 heterocycles. The molecule has 0 radical (unpaired) electrons. The van der Waals surface area contributed by atoms with Crippen LogP contribution in [-0.2, 0) is 0 Å². The quantitative estimate of drug-likeness (QED) is 0.399. The van der Waals surface area contributed by atoms with Crippen molar-refractivity contribution < 1.29 is 19.0 Å². The number of anilines is 2. The Hall–Kier alpha value is -3.28. The summed E-state index contributed by atoms with van der Waals surface area (Å²) in [5.74, 6) is 1.82. The molecule has 0 atom stereocenters. The molecule has 1 saturated carbocycles. The second kappa shape index (κ2) is 8.82. The average Bonchev–Trinajstić information content (AvgIpc) is 3.18. The highest BCUT2D eigenvalue weighted by molar-refractivity contribution is 6.10. The van der Waals surface area contributed by atoms with Gasteiger partial charge in [0.2, 0.25) is 0 Å². The third-order valence-corrected chi connectivity index (χ3v) is 6.99. The molecule has 0 amide bonds. The Bertz CT molecular complexity index is 1260. The van der Waals surface area contributed by atoms with Crippen molar-refractivity contribution in [2.24, 2.45) is 0 Å². The summed E-state index contributed by atoms with van der Waals surface area (Å²) in [5, 5.41) is 4.46. The van der Waals surface area contributed by atoms with Crippen LogP contribution in [0.15, 0.2) is 30.5 Å². The highest BCUT2D eigenvalue weighted by Crippen LogP contribution is 2.50. The Morgan fingerprint density at radius 1 is 1.15 bits per heavy atom. The summed E-state index contributed by atoms with van der Waals surface area (Å²) in [4.78, 5) is 17.6. The Kier molecular flexibility index (Phi) is 5.84. The maximum atomic E-state index is 13.1. The topological polar surface area (TPSA) is 69.7 Å². The first-order valence-electron chi connectivity index (χ1n) is 12.2. The number of methoxy groups -OCH3 is 1. The summed E-state index contributed by atoms with van der Waals surface area (Å²) in [6, 6.07) is 7.83. The Labute approximate surface area is 200 Å². The number of ether oxygens (including phenoxy) is 3. The molecule has 3 aromatic rings. The summed E-state index contributed by atoms with van der Waals surface area (Å²) in [7, 11) is 1.63. The van der Waals surface area contributed by atoms with Crippen LogP contribution in [0, 0.1) is 13.8 Å². The van der Waals surface area contributed by atoms with Crippen LogP contribution in [-0.4, -0.2) is 23.7 Å². The Morgan fingerprint density at radius 3 is 2.68 bits per heavy atom. The van der Waals surface area contributed by atoms with Gasteiger partial charge < -0.3 is 19.5 Å². The van der Waals surface area contributed by atoms with Crippen molar-refractivity contribution >= 4 is 28.1 Å². The van der Waals surface area contributed by atoms with Gasteiger partial charge in [0.05, 0.1) is 18.4 Å². The van der Waals surface area contributed by atoms with Crippen LogP contribution in [0.1, 0.15) is 73.4 Å². The second-order valence-corrected chi connectivity index (χ2v) is 9.40. The van der Waals surface area contributed by atoms with Crippen molar-refractivity contribution in [2.45, 2.75) is 71.5 Å². The van der Waals surface area contributed by atoms with E-state index in [2.05, 4.69) is 24.1 Å². The fourth-order valence-electron chi connectivity index (χ4n) is 5.22. The molecule has 0 saturated heterocycles. The van der Waals surface area contributed by atoms with Crippen LogP contribution in [0.5, 0.6) is 17.2 Å². The van der Waals surface area contributed by atoms with Crippen molar-refractivity contribution in [3.05, 3.63) is 47.2 Å². The fraction of sp³-hybridized carbons (Fsp3) is 0.429. The van der Waals surface area contributed by atoms with E-state index in [9.17, 15) is 4.79 Å². The Morgan fingerprint density at radius 2 is 1.94 bits per heavy atom. The molecule has 1 spiro atoms. The molecule has 2 aromatic carbocycles. The van der Waals surface area contributed by atoms with Crippen LogP contribution in [0.2, 0.25) is 0 Å². The summed E-state index contributed by atoms with van der Waals surface area (Å²) in [5.41, 5.74) is 5.00. The van der Waals surface area contributed by atoms with E-state index in [0.29, 0.717) is 17.7 Å². The number of aryl methyl sites for hydroxylation is 1. The molecule has 6 nitrogen and oxygen atoms in total. The van der Waals surface area contributed by atoms with Crippen LogP contribution >= 0.6 is 0 Å². The summed E-state index contributed by atoms with van der Waals surface area (Å²) in [6.45, 7) is 6.12. The molecule has 0 unspecified atom stereocenters. The predicted molar refractivity (Wildman–Crippen MR) is 134 cm³/mol. The number of aromatic nitrogens is 1. The van der Waals surface area contributed by atoms with Gasteiger partial charge in [-0.15, -0.1) is 0 Å². The molecule has 5 rings (SSSR count). The fourth-order valence-corrected chi connectivity index (χ4v) is 5.22. The number of rotatable bonds is 6. The Balaban J connectivity index is 1.62. The van der Waals surface area contributed by atoms with Gasteiger partial charge >= 0.3 is 0 Å². The van der Waals surface area contributed by atoms with E-state index in [1.54, 1.807) is 13.3 Å². The van der Waals surface area contributed by atoms with Gasteiger partial charge in [0.15, 0.2) is 17.3 Å². The number of carbonyl (C=O) groups is 1. The third-order valence-electron chi connectivity index (χ3n) is 6.99. The molecule has 178 valence electrons. The van der Waals surface area contributed by atoms with Gasteiger partial charge in [-0.1, -0.05) is 25.5 Å². The van der Waals surface area contributed by atoms with Gasteiger partial charge in [-0.2, -0.15) is 0 Å². The van der Waals surface area contributed by atoms with E-state index >= 15 is 0 Å². The minimum atomic E-state index is -0.532. The van der Waals surface area contributed by atoms with E-state index < -0.39 is 5.79 Å². The largest absolute Gasteiger partial charge is 0.494 e. The van der Waals surface area contributed by atoms with Gasteiger partial charge in [0.1, 0.15) is 11.3 Å². The third kappa shape index (κ3) is 3.75. The van der Waals surface area contributed by atoms with Crippen molar-refractivity contribution in [1.82, 2.24) is 4.98 Å². The summed E-state index contributed by atoms with van der Waals surface area (Å²) < 4.78 is 18.4. The smallest absolute Gasteiger partial charge is 0.251 e. The SMILES string of the molecule is CCCC(=O)c1cnc2c(OC)cccc2c1Nc1c(C)cc2c(c1C)OC1(CCCCC1)O2. The molecular formula is C28H32N2O4. The lowest BCUT2D eigenvalue weighted by atomic mass is 9.94. The molecule has 1 aliphatic carbocycles. The van der Waals surface area contributed by atoms with Gasteiger partial charge in [0, 0.05) is 42.1 Å². The minimum Gasteiger partial charge on any atom is -0.494 e. The lowest BCUT2D eigenvalue weighted by Crippen LogP contribution is -2.40. The van der Waals surface area contributed by atoms with Crippen LogP contribution in [0.3, 0.4) is 0 Å². The highest BCUT2D eigenvalue weighted by Gasteiger charge is 2.43. The van der Waals surface area contributed by atoms with E-state index in [1.807, 2.05) is 31.2 Å². The number of nitrogens with zero attached hydrogens (tertiary/aromatic N) is 1. The molecule has 34 heavy (non-hydrogen) atoms. The van der Waals surface area contributed by atoms with Gasteiger partial charge in [-0.3, -0.25) is 9.78 Å². The second-order valence-electron chi connectivity index (χ2n) is 9.40. The molecule has 1 N–H and O–H groups in total. The first kappa shape index (κ1) is 22.5. The normalized spacial score (nSPS) is 16.1. The molecule has 2 aliphatic rings. The van der Waals surface area contributed by atoms with E-state index in [-0.39, 0.29) is 5.78 Å². The monoisotopic (exact) mass is 460 g/mol. The molecular weight excluding hydrogens is 428 g/mol. The van der Waals surface area contributed by atoms with Crippen LogP contribution < -0.4 is 19.5 Å². The first-order valence-corrected chi connectivity index (χ1v) is 12.2. The minimum absolute atomic E-state index is 0.0689. The number of hydrogen-bond acceptors (Lipinski definition) is 6. The highest BCUT2D eigenvalue weighted by atomic mass is 16.7. The molecule has 1 aliphatic heterocycles. The lowest BCUT2D eigenvalue weighted by molar-refractivity contribution is -0.105. The number of ketones is 1. The number of hydrogen-bond donors (Lipinski definition) is 1. The van der Waals surface area contributed by atoms with Gasteiger partial charge in [-0.05, 0) is 50.8 Å². The summed E-state index contributed by atoms with van der Waals surface area (Å²) in [6.07, 6.45) is 8.19. The zero-order valence-corrected chi connectivity index (χ0v) is 20.4. The average molecular weight is 461 g/mol. The maximum Gasteiger partial charge on any atom is 0.251 e. The molecule has 6 heteroatoms. The molecule has 1 aromatic heterocycles. The number of para-hydroxylation sites is 1. The number of pyridine rings is 1. The number of Topliss-reactive ketones (excluding diaryl/α,β-unsaturated/α-hetero) is 1. The van der Waals surface area contributed by atoms with Crippen LogP contribution in [0.25, 0.3) is 10.9 Å². The number of nitrogens with one attached hydrogen (secondary N) is 1.